The molecule has 20 heavy (non-hydrogen) atoms. The molecule has 0 radical (unpaired) electrons. The van der Waals surface area contributed by atoms with Gasteiger partial charge in [0, 0.05) is 5.33 Å². The fourth-order valence-electron chi connectivity index (χ4n) is 1.83. The normalized spacial score (nSPS) is 12.2. The Hall–Kier alpha value is -1.39. The predicted octanol–water partition coefficient (Wildman–Crippen LogP) is 4.49. The lowest BCUT2D eigenvalue weighted by Gasteiger charge is -2.16. The summed E-state index contributed by atoms with van der Waals surface area (Å²) in [5.41, 5.74) is 2.02. The fraction of sp³-hybridized carbons (Fsp3) is 0.250. The van der Waals surface area contributed by atoms with Crippen LogP contribution >= 0.6 is 15.9 Å². The van der Waals surface area contributed by atoms with Crippen LogP contribution in [0.15, 0.2) is 48.5 Å². The van der Waals surface area contributed by atoms with Crippen molar-refractivity contribution in [3.05, 3.63) is 65.5 Å². The highest BCUT2D eigenvalue weighted by atomic mass is 79.9. The van der Waals surface area contributed by atoms with Crippen LogP contribution in [-0.2, 0) is 11.3 Å². The Balaban J connectivity index is 1.97. The number of benzene rings is 2. The van der Waals surface area contributed by atoms with Gasteiger partial charge in [-0.25, -0.2) is 4.39 Å². The van der Waals surface area contributed by atoms with E-state index in [2.05, 4.69) is 15.9 Å². The van der Waals surface area contributed by atoms with E-state index in [1.807, 2.05) is 24.3 Å². The minimum atomic E-state index is -0.239. The number of ether oxygens (including phenoxy) is 2. The summed E-state index contributed by atoms with van der Waals surface area (Å²) in [4.78, 5) is 0. The maximum Gasteiger partial charge on any atom is 0.123 e. The lowest BCUT2D eigenvalue weighted by atomic mass is 10.1. The summed E-state index contributed by atoms with van der Waals surface area (Å²) in [5.74, 6) is 0.585. The van der Waals surface area contributed by atoms with E-state index in [1.165, 1.54) is 12.1 Å². The molecule has 0 aliphatic rings. The van der Waals surface area contributed by atoms with Crippen LogP contribution in [-0.4, -0.2) is 12.4 Å². The van der Waals surface area contributed by atoms with Crippen molar-refractivity contribution in [2.45, 2.75) is 12.7 Å². The molecule has 0 fully saturated rings. The van der Waals surface area contributed by atoms with Crippen LogP contribution in [0.25, 0.3) is 0 Å². The molecule has 2 aromatic carbocycles. The maximum atomic E-state index is 12.9. The van der Waals surface area contributed by atoms with Crippen molar-refractivity contribution in [1.82, 2.24) is 0 Å². The van der Waals surface area contributed by atoms with E-state index in [1.54, 1.807) is 19.2 Å². The summed E-state index contributed by atoms with van der Waals surface area (Å²) >= 11 is 3.43. The predicted molar refractivity (Wildman–Crippen MR) is 80.7 cm³/mol. The van der Waals surface area contributed by atoms with Gasteiger partial charge >= 0.3 is 0 Å². The third-order valence-corrected chi connectivity index (χ3v) is 3.58. The molecule has 0 bridgehead atoms. The lowest BCUT2D eigenvalue weighted by molar-refractivity contribution is 0.0565. The Morgan fingerprint density at radius 1 is 1.05 bits per heavy atom. The first-order chi connectivity index (χ1) is 9.72. The second-order valence-corrected chi connectivity index (χ2v) is 5.00. The van der Waals surface area contributed by atoms with Crippen molar-refractivity contribution in [3.8, 4) is 5.75 Å². The molecule has 0 heterocycles. The van der Waals surface area contributed by atoms with Crippen molar-refractivity contribution < 1.29 is 13.9 Å². The van der Waals surface area contributed by atoms with Crippen LogP contribution in [0.2, 0.25) is 0 Å². The molecule has 0 amide bonds. The maximum absolute atomic E-state index is 12.9. The highest BCUT2D eigenvalue weighted by Gasteiger charge is 2.10. The number of rotatable bonds is 6. The molecule has 2 rings (SSSR count). The van der Waals surface area contributed by atoms with Gasteiger partial charge in [0.2, 0.25) is 0 Å². The number of halogens is 2. The van der Waals surface area contributed by atoms with E-state index >= 15 is 0 Å². The summed E-state index contributed by atoms with van der Waals surface area (Å²) in [5, 5.41) is 0.661. The standard InChI is InChI=1S/C16H16BrFO2/c1-19-15-8-2-12(3-9-15)11-20-16(10-17)13-4-6-14(18)7-5-13/h2-9,16H,10-11H2,1H3. The van der Waals surface area contributed by atoms with Crippen LogP contribution in [0.5, 0.6) is 5.75 Å². The molecule has 0 N–H and O–H groups in total. The van der Waals surface area contributed by atoms with E-state index in [0.717, 1.165) is 16.9 Å². The monoisotopic (exact) mass is 338 g/mol. The first kappa shape index (κ1) is 15.0. The number of methoxy groups -OCH3 is 1. The van der Waals surface area contributed by atoms with Gasteiger partial charge < -0.3 is 9.47 Å². The third-order valence-electron chi connectivity index (χ3n) is 2.99. The van der Waals surface area contributed by atoms with Gasteiger partial charge in [-0.1, -0.05) is 40.2 Å². The molecular formula is C16H16BrFO2. The van der Waals surface area contributed by atoms with E-state index in [0.29, 0.717) is 11.9 Å². The van der Waals surface area contributed by atoms with Crippen LogP contribution in [0, 0.1) is 5.82 Å². The number of hydrogen-bond donors (Lipinski definition) is 0. The molecule has 0 saturated heterocycles. The summed E-state index contributed by atoms with van der Waals surface area (Å²) in [7, 11) is 1.64. The van der Waals surface area contributed by atoms with Gasteiger partial charge in [0.25, 0.3) is 0 Å². The van der Waals surface area contributed by atoms with Gasteiger partial charge in [0.15, 0.2) is 0 Å². The summed E-state index contributed by atoms with van der Waals surface area (Å²) in [6.45, 7) is 0.498. The highest BCUT2D eigenvalue weighted by molar-refractivity contribution is 9.09. The summed E-state index contributed by atoms with van der Waals surface area (Å²) < 4.78 is 23.9. The third kappa shape index (κ3) is 4.05. The van der Waals surface area contributed by atoms with Crippen LogP contribution < -0.4 is 4.74 Å². The Morgan fingerprint density at radius 3 is 2.25 bits per heavy atom. The smallest absolute Gasteiger partial charge is 0.123 e. The van der Waals surface area contributed by atoms with Gasteiger partial charge in [-0.2, -0.15) is 0 Å². The van der Waals surface area contributed by atoms with Gasteiger partial charge in [-0.05, 0) is 35.4 Å². The Labute approximate surface area is 126 Å². The zero-order valence-electron chi connectivity index (χ0n) is 11.2. The molecule has 106 valence electrons. The van der Waals surface area contributed by atoms with Crippen molar-refractivity contribution in [2.24, 2.45) is 0 Å². The minimum Gasteiger partial charge on any atom is -0.497 e. The molecule has 0 aliphatic carbocycles. The molecule has 0 aliphatic heterocycles. The summed E-state index contributed by atoms with van der Waals surface area (Å²) in [6.07, 6.45) is -0.0994. The van der Waals surface area contributed by atoms with Crippen LogP contribution in [0.3, 0.4) is 0 Å². The zero-order chi connectivity index (χ0) is 14.4. The van der Waals surface area contributed by atoms with Gasteiger partial charge in [0.05, 0.1) is 19.8 Å². The Kier molecular flexibility index (Phi) is 5.56. The van der Waals surface area contributed by atoms with Crippen molar-refractivity contribution in [1.29, 1.82) is 0 Å². The first-order valence-electron chi connectivity index (χ1n) is 6.29. The van der Waals surface area contributed by atoms with Crippen molar-refractivity contribution in [2.75, 3.05) is 12.4 Å². The lowest BCUT2D eigenvalue weighted by Crippen LogP contribution is -2.06. The first-order valence-corrected chi connectivity index (χ1v) is 7.41. The zero-order valence-corrected chi connectivity index (χ0v) is 12.8. The van der Waals surface area contributed by atoms with Crippen LogP contribution in [0.4, 0.5) is 4.39 Å². The van der Waals surface area contributed by atoms with Gasteiger partial charge in [-0.15, -0.1) is 0 Å². The largest absolute Gasteiger partial charge is 0.497 e. The fourth-order valence-corrected chi connectivity index (χ4v) is 2.39. The average Bonchev–Trinajstić information content (AvgIpc) is 2.50. The molecule has 2 nitrogen and oxygen atoms in total. The molecule has 4 heteroatoms. The van der Waals surface area contributed by atoms with E-state index in [4.69, 9.17) is 9.47 Å². The molecule has 0 aromatic heterocycles. The second-order valence-electron chi connectivity index (χ2n) is 4.35. The van der Waals surface area contributed by atoms with Gasteiger partial charge in [-0.3, -0.25) is 0 Å². The quantitative estimate of drug-likeness (QED) is 0.722. The van der Waals surface area contributed by atoms with Crippen molar-refractivity contribution in [3.63, 3.8) is 0 Å². The Morgan fingerprint density at radius 2 is 1.70 bits per heavy atom. The molecule has 0 saturated carbocycles. The highest BCUT2D eigenvalue weighted by Crippen LogP contribution is 2.22. The molecule has 1 atom stereocenters. The van der Waals surface area contributed by atoms with E-state index in [-0.39, 0.29) is 11.9 Å². The Bertz CT molecular complexity index is 525. The minimum absolute atomic E-state index is 0.0994. The van der Waals surface area contributed by atoms with E-state index in [9.17, 15) is 4.39 Å². The molecular weight excluding hydrogens is 323 g/mol. The number of alkyl halides is 1. The number of hydrogen-bond acceptors (Lipinski definition) is 2. The SMILES string of the molecule is COc1ccc(COC(CBr)c2ccc(F)cc2)cc1. The van der Waals surface area contributed by atoms with Crippen molar-refractivity contribution >= 4 is 15.9 Å². The van der Waals surface area contributed by atoms with E-state index < -0.39 is 0 Å². The van der Waals surface area contributed by atoms with Gasteiger partial charge in [0.1, 0.15) is 11.6 Å². The topological polar surface area (TPSA) is 18.5 Å². The summed E-state index contributed by atoms with van der Waals surface area (Å²) in [6, 6.07) is 14.1. The molecule has 0 spiro atoms. The van der Waals surface area contributed by atoms with Crippen LogP contribution in [0.1, 0.15) is 17.2 Å². The molecule has 1 unspecified atom stereocenters. The second kappa shape index (κ2) is 7.41. The average molecular weight is 339 g/mol. The molecule has 2 aromatic rings.